The highest BCUT2D eigenvalue weighted by atomic mass is 16.6. The lowest BCUT2D eigenvalue weighted by Crippen LogP contribution is -2.48. The highest BCUT2D eigenvalue weighted by Crippen LogP contribution is 2.39. The number of ether oxygens (including phenoxy) is 2. The molecule has 1 fully saturated rings. The molecule has 0 bridgehead atoms. The van der Waals surface area contributed by atoms with Gasteiger partial charge < -0.3 is 14.8 Å². The van der Waals surface area contributed by atoms with Gasteiger partial charge >= 0.3 is 11.7 Å². The molecule has 0 radical (unpaired) electrons. The second kappa shape index (κ2) is 7.17. The molecule has 9 heteroatoms. The van der Waals surface area contributed by atoms with Crippen LogP contribution in [0, 0.1) is 27.4 Å². The fourth-order valence-electron chi connectivity index (χ4n) is 2.38. The minimum Gasteiger partial charge on any atom is -0.477 e. The number of esters is 1. The SMILES string of the molecule is COC(=O)c1ccc(OCC(=O)N[C@](C)(C#N)C2CC2)c([N+](=O)[O-])c1. The molecule has 132 valence electrons. The zero-order chi connectivity index (χ0) is 18.6. The largest absolute Gasteiger partial charge is 0.477 e. The number of benzene rings is 1. The fourth-order valence-corrected chi connectivity index (χ4v) is 2.38. The summed E-state index contributed by atoms with van der Waals surface area (Å²) in [4.78, 5) is 33.9. The van der Waals surface area contributed by atoms with Crippen molar-refractivity contribution < 1.29 is 24.0 Å². The van der Waals surface area contributed by atoms with E-state index >= 15 is 0 Å². The average molecular weight is 347 g/mol. The zero-order valence-corrected chi connectivity index (χ0v) is 13.8. The number of methoxy groups -OCH3 is 1. The van der Waals surface area contributed by atoms with Gasteiger partial charge in [0.1, 0.15) is 5.54 Å². The Morgan fingerprint density at radius 1 is 1.48 bits per heavy atom. The van der Waals surface area contributed by atoms with E-state index in [1.807, 2.05) is 0 Å². The maximum absolute atomic E-state index is 12.0. The molecule has 9 nitrogen and oxygen atoms in total. The molecule has 0 unspecified atom stereocenters. The van der Waals surface area contributed by atoms with Crippen LogP contribution < -0.4 is 10.1 Å². The molecule has 1 amide bonds. The summed E-state index contributed by atoms with van der Waals surface area (Å²) in [7, 11) is 1.16. The number of amides is 1. The lowest BCUT2D eigenvalue weighted by Gasteiger charge is -2.22. The summed E-state index contributed by atoms with van der Waals surface area (Å²) in [6.45, 7) is 1.15. The number of hydrogen-bond acceptors (Lipinski definition) is 7. The Balaban J connectivity index is 2.07. The zero-order valence-electron chi connectivity index (χ0n) is 13.8. The topological polar surface area (TPSA) is 132 Å². The molecule has 25 heavy (non-hydrogen) atoms. The molecule has 1 aromatic rings. The molecule has 1 N–H and O–H groups in total. The van der Waals surface area contributed by atoms with Crippen LogP contribution in [0.1, 0.15) is 30.1 Å². The van der Waals surface area contributed by atoms with Crippen LogP contribution in [0.3, 0.4) is 0 Å². The normalized spacial score (nSPS) is 15.4. The van der Waals surface area contributed by atoms with Gasteiger partial charge in [0.05, 0.1) is 23.7 Å². The van der Waals surface area contributed by atoms with Crippen LogP contribution in [0.25, 0.3) is 0 Å². The van der Waals surface area contributed by atoms with E-state index in [1.165, 1.54) is 12.1 Å². The molecular formula is C16H17N3O6. The van der Waals surface area contributed by atoms with Crippen molar-refractivity contribution in [2.75, 3.05) is 13.7 Å². The van der Waals surface area contributed by atoms with Crippen molar-refractivity contribution in [2.45, 2.75) is 25.3 Å². The number of carbonyl (C=O) groups excluding carboxylic acids is 2. The third kappa shape index (κ3) is 4.23. The van der Waals surface area contributed by atoms with Gasteiger partial charge in [-0.1, -0.05) is 0 Å². The van der Waals surface area contributed by atoms with Gasteiger partial charge in [-0.15, -0.1) is 0 Å². The number of nitro groups is 1. The van der Waals surface area contributed by atoms with Crippen LogP contribution in [0.4, 0.5) is 5.69 Å². The Hall–Kier alpha value is -3.15. The third-order valence-electron chi connectivity index (χ3n) is 3.96. The quantitative estimate of drug-likeness (QED) is 0.450. The summed E-state index contributed by atoms with van der Waals surface area (Å²) in [6, 6.07) is 5.62. The average Bonchev–Trinajstić information content (AvgIpc) is 3.44. The summed E-state index contributed by atoms with van der Waals surface area (Å²) in [5.74, 6) is -1.32. The van der Waals surface area contributed by atoms with Crippen LogP contribution in [0.15, 0.2) is 18.2 Å². The minimum absolute atomic E-state index is 0.00297. The Morgan fingerprint density at radius 3 is 2.68 bits per heavy atom. The summed E-state index contributed by atoms with van der Waals surface area (Å²) >= 11 is 0. The lowest BCUT2D eigenvalue weighted by atomic mass is 9.98. The first kappa shape index (κ1) is 18.2. The minimum atomic E-state index is -0.971. The van der Waals surface area contributed by atoms with E-state index in [4.69, 9.17) is 4.74 Å². The molecule has 1 aliphatic rings. The van der Waals surface area contributed by atoms with E-state index < -0.39 is 34.6 Å². The van der Waals surface area contributed by atoms with Crippen molar-refractivity contribution in [3.8, 4) is 11.8 Å². The van der Waals surface area contributed by atoms with Gasteiger partial charge in [0.15, 0.2) is 12.4 Å². The Bertz CT molecular complexity index is 753. The third-order valence-corrected chi connectivity index (χ3v) is 3.96. The van der Waals surface area contributed by atoms with Crippen molar-refractivity contribution in [1.29, 1.82) is 5.26 Å². The maximum atomic E-state index is 12.0. The number of rotatable bonds is 7. The van der Waals surface area contributed by atoms with Crippen LogP contribution >= 0.6 is 0 Å². The van der Waals surface area contributed by atoms with Gasteiger partial charge in [0.25, 0.3) is 5.91 Å². The van der Waals surface area contributed by atoms with E-state index in [0.717, 1.165) is 26.0 Å². The predicted octanol–water partition coefficient (Wildman–Crippen LogP) is 1.57. The van der Waals surface area contributed by atoms with Crippen LogP contribution in [0.2, 0.25) is 0 Å². The molecular weight excluding hydrogens is 330 g/mol. The monoisotopic (exact) mass is 347 g/mol. The Kier molecular flexibility index (Phi) is 5.22. The van der Waals surface area contributed by atoms with Gasteiger partial charge in [-0.25, -0.2) is 4.79 Å². The fraction of sp³-hybridized carbons (Fsp3) is 0.438. The molecule has 2 rings (SSSR count). The second-order valence-corrected chi connectivity index (χ2v) is 5.86. The van der Waals surface area contributed by atoms with Crippen LogP contribution in [0.5, 0.6) is 5.75 Å². The maximum Gasteiger partial charge on any atom is 0.338 e. The summed E-state index contributed by atoms with van der Waals surface area (Å²) in [6.07, 6.45) is 1.73. The predicted molar refractivity (Wildman–Crippen MR) is 84.8 cm³/mol. The van der Waals surface area contributed by atoms with E-state index in [2.05, 4.69) is 16.1 Å². The Morgan fingerprint density at radius 2 is 2.16 bits per heavy atom. The van der Waals surface area contributed by atoms with E-state index in [0.29, 0.717) is 0 Å². The molecule has 1 saturated carbocycles. The highest BCUT2D eigenvalue weighted by molar-refractivity contribution is 5.90. The standard InChI is InChI=1S/C16H17N3O6/c1-16(9-17,11-4-5-11)18-14(20)8-25-13-6-3-10(15(21)24-2)7-12(13)19(22)23/h3,6-7,11H,4-5,8H2,1-2H3,(H,18,20)/t16-/m1/s1. The van der Waals surface area contributed by atoms with E-state index in [9.17, 15) is 25.0 Å². The number of nitrogens with one attached hydrogen (secondary N) is 1. The van der Waals surface area contributed by atoms with E-state index in [1.54, 1.807) is 6.92 Å². The van der Waals surface area contributed by atoms with E-state index in [-0.39, 0.29) is 17.2 Å². The van der Waals surface area contributed by atoms with Crippen LogP contribution in [-0.4, -0.2) is 36.1 Å². The number of nitro benzene ring substituents is 1. The van der Waals surface area contributed by atoms with Crippen molar-refractivity contribution >= 4 is 17.6 Å². The first-order valence-electron chi connectivity index (χ1n) is 7.52. The van der Waals surface area contributed by atoms with Crippen molar-refractivity contribution in [3.05, 3.63) is 33.9 Å². The van der Waals surface area contributed by atoms with Gasteiger partial charge in [0.2, 0.25) is 0 Å². The Labute approximate surface area is 143 Å². The van der Waals surface area contributed by atoms with Gasteiger partial charge in [-0.2, -0.15) is 5.26 Å². The van der Waals surface area contributed by atoms with Gasteiger partial charge in [-0.3, -0.25) is 14.9 Å². The summed E-state index contributed by atoms with van der Waals surface area (Å²) in [5.41, 5.74) is -1.43. The number of carbonyl (C=O) groups is 2. The van der Waals surface area contributed by atoms with Crippen molar-refractivity contribution in [3.63, 3.8) is 0 Å². The lowest BCUT2D eigenvalue weighted by molar-refractivity contribution is -0.385. The molecule has 1 atom stereocenters. The highest BCUT2D eigenvalue weighted by Gasteiger charge is 2.43. The molecule has 1 aromatic carbocycles. The first-order chi connectivity index (χ1) is 11.8. The van der Waals surface area contributed by atoms with Gasteiger partial charge in [-0.05, 0) is 37.8 Å². The molecule has 0 aromatic heterocycles. The summed E-state index contributed by atoms with van der Waals surface area (Å²) < 4.78 is 9.71. The molecule has 1 aliphatic carbocycles. The van der Waals surface area contributed by atoms with Crippen molar-refractivity contribution in [1.82, 2.24) is 5.32 Å². The van der Waals surface area contributed by atoms with Gasteiger partial charge in [0, 0.05) is 6.07 Å². The molecule has 0 heterocycles. The molecule has 0 saturated heterocycles. The number of nitriles is 1. The van der Waals surface area contributed by atoms with Crippen LogP contribution in [-0.2, 0) is 9.53 Å². The smallest absolute Gasteiger partial charge is 0.338 e. The number of nitrogens with zero attached hydrogens (tertiary/aromatic N) is 2. The first-order valence-corrected chi connectivity index (χ1v) is 7.52. The molecule has 0 aliphatic heterocycles. The van der Waals surface area contributed by atoms with Crippen molar-refractivity contribution in [2.24, 2.45) is 5.92 Å². The second-order valence-electron chi connectivity index (χ2n) is 5.86. The molecule has 0 spiro atoms. The summed E-state index contributed by atoms with van der Waals surface area (Å²) in [5, 5.41) is 22.9. The number of hydrogen-bond donors (Lipinski definition) is 1.